The molecule has 5 heteroatoms. The highest BCUT2D eigenvalue weighted by Gasteiger charge is 2.15. The third-order valence-corrected chi connectivity index (χ3v) is 4.24. The lowest BCUT2D eigenvalue weighted by molar-refractivity contribution is -0.117. The molecule has 1 aliphatic heterocycles. The Labute approximate surface area is 148 Å². The van der Waals surface area contributed by atoms with Crippen LogP contribution in [0.5, 0.6) is 11.5 Å². The maximum Gasteiger partial charge on any atom is 0.238 e. The number of nitrogens with one attached hydrogen (secondary N) is 1. The minimum Gasteiger partial charge on any atom is -0.454 e. The second kappa shape index (κ2) is 7.15. The van der Waals surface area contributed by atoms with Gasteiger partial charge in [-0.2, -0.15) is 0 Å². The molecule has 0 saturated carbocycles. The van der Waals surface area contributed by atoms with Gasteiger partial charge in [0.25, 0.3) is 0 Å². The van der Waals surface area contributed by atoms with Crippen LogP contribution in [0.3, 0.4) is 0 Å². The summed E-state index contributed by atoms with van der Waals surface area (Å²) in [6.45, 7) is 7.35. The number of hydrogen-bond acceptors (Lipinski definition) is 4. The standard InChI is InChI=1S/C20H24N2O3/c1-13-7-14(2)20(15(3)8-13)21-19(23)11-22(4)10-16-5-6-17-18(9-16)25-12-24-17/h5-9H,10-12H2,1-4H3,(H,21,23). The highest BCUT2D eigenvalue weighted by molar-refractivity contribution is 5.93. The lowest BCUT2D eigenvalue weighted by atomic mass is 10.1. The fourth-order valence-electron chi connectivity index (χ4n) is 3.21. The topological polar surface area (TPSA) is 50.8 Å². The van der Waals surface area contributed by atoms with Crippen LogP contribution >= 0.6 is 0 Å². The Bertz CT molecular complexity index is 779. The molecule has 0 bridgehead atoms. The zero-order valence-corrected chi connectivity index (χ0v) is 15.2. The SMILES string of the molecule is Cc1cc(C)c(NC(=O)CN(C)Cc2ccc3c(c2)OCO3)c(C)c1. The van der Waals surface area contributed by atoms with Crippen LogP contribution in [0.25, 0.3) is 0 Å². The second-order valence-electron chi connectivity index (χ2n) is 6.68. The van der Waals surface area contributed by atoms with Crippen molar-refractivity contribution >= 4 is 11.6 Å². The van der Waals surface area contributed by atoms with Crippen molar-refractivity contribution < 1.29 is 14.3 Å². The number of anilines is 1. The molecule has 1 aliphatic rings. The van der Waals surface area contributed by atoms with E-state index in [0.29, 0.717) is 13.1 Å². The van der Waals surface area contributed by atoms with Crippen molar-refractivity contribution in [1.29, 1.82) is 0 Å². The van der Waals surface area contributed by atoms with Crippen LogP contribution in [0, 0.1) is 20.8 Å². The zero-order valence-electron chi connectivity index (χ0n) is 15.2. The normalized spacial score (nSPS) is 12.5. The fourth-order valence-corrected chi connectivity index (χ4v) is 3.21. The molecule has 0 spiro atoms. The van der Waals surface area contributed by atoms with Crippen LogP contribution in [0.15, 0.2) is 30.3 Å². The number of carbonyl (C=O) groups is 1. The first-order valence-electron chi connectivity index (χ1n) is 8.37. The van der Waals surface area contributed by atoms with E-state index in [1.165, 1.54) is 5.56 Å². The number of fused-ring (bicyclic) bond motifs is 1. The van der Waals surface area contributed by atoms with Gasteiger partial charge in [-0.25, -0.2) is 0 Å². The van der Waals surface area contributed by atoms with Gasteiger partial charge in [0.1, 0.15) is 0 Å². The van der Waals surface area contributed by atoms with Gasteiger partial charge in [-0.3, -0.25) is 9.69 Å². The van der Waals surface area contributed by atoms with Crippen LogP contribution in [0.2, 0.25) is 0 Å². The van der Waals surface area contributed by atoms with Gasteiger partial charge in [0.15, 0.2) is 11.5 Å². The fraction of sp³-hybridized carbons (Fsp3) is 0.350. The molecule has 2 aromatic carbocycles. The zero-order chi connectivity index (χ0) is 18.0. The molecule has 2 aromatic rings. The van der Waals surface area contributed by atoms with Gasteiger partial charge in [-0.05, 0) is 56.6 Å². The third-order valence-electron chi connectivity index (χ3n) is 4.24. The average molecular weight is 340 g/mol. The van der Waals surface area contributed by atoms with Crippen molar-refractivity contribution in [1.82, 2.24) is 4.90 Å². The largest absolute Gasteiger partial charge is 0.454 e. The molecule has 0 atom stereocenters. The number of amides is 1. The summed E-state index contributed by atoms with van der Waals surface area (Å²) in [6.07, 6.45) is 0. The quantitative estimate of drug-likeness (QED) is 0.906. The Hall–Kier alpha value is -2.53. The maximum absolute atomic E-state index is 12.4. The monoisotopic (exact) mass is 340 g/mol. The number of hydrogen-bond donors (Lipinski definition) is 1. The van der Waals surface area contributed by atoms with E-state index >= 15 is 0 Å². The molecule has 1 amide bonds. The molecule has 1 heterocycles. The minimum atomic E-state index is -0.0155. The minimum absolute atomic E-state index is 0.0155. The van der Waals surface area contributed by atoms with Gasteiger partial charge in [0.05, 0.1) is 6.54 Å². The van der Waals surface area contributed by atoms with Crippen molar-refractivity contribution in [3.8, 4) is 11.5 Å². The summed E-state index contributed by atoms with van der Waals surface area (Å²) in [6, 6.07) is 10.0. The molecular formula is C20H24N2O3. The molecular weight excluding hydrogens is 316 g/mol. The number of likely N-dealkylation sites (N-methyl/N-ethyl adjacent to an activating group) is 1. The summed E-state index contributed by atoms with van der Waals surface area (Å²) in [5.41, 5.74) is 5.37. The van der Waals surface area contributed by atoms with E-state index in [4.69, 9.17) is 9.47 Å². The first kappa shape index (κ1) is 17.3. The highest BCUT2D eigenvalue weighted by atomic mass is 16.7. The molecule has 0 aliphatic carbocycles. The lowest BCUT2D eigenvalue weighted by Crippen LogP contribution is -2.30. The predicted octanol–water partition coefficient (Wildman–Crippen LogP) is 3.41. The summed E-state index contributed by atoms with van der Waals surface area (Å²) in [5.74, 6) is 1.52. The number of rotatable bonds is 5. The molecule has 0 radical (unpaired) electrons. The van der Waals surface area contributed by atoms with Crippen LogP contribution in [0.4, 0.5) is 5.69 Å². The Kier molecular flexibility index (Phi) is 4.95. The number of nitrogens with zero attached hydrogens (tertiary/aromatic N) is 1. The Balaban J connectivity index is 1.59. The molecule has 25 heavy (non-hydrogen) atoms. The van der Waals surface area contributed by atoms with E-state index in [1.54, 1.807) is 0 Å². The second-order valence-corrected chi connectivity index (χ2v) is 6.68. The number of benzene rings is 2. The summed E-state index contributed by atoms with van der Waals surface area (Å²) in [7, 11) is 1.93. The maximum atomic E-state index is 12.4. The third kappa shape index (κ3) is 4.12. The van der Waals surface area contributed by atoms with E-state index < -0.39 is 0 Å². The molecule has 1 N–H and O–H groups in total. The summed E-state index contributed by atoms with van der Waals surface area (Å²) in [4.78, 5) is 14.4. The Morgan fingerprint density at radius 3 is 2.48 bits per heavy atom. The van der Waals surface area contributed by atoms with Crippen LogP contribution in [-0.4, -0.2) is 31.2 Å². The Morgan fingerprint density at radius 2 is 1.76 bits per heavy atom. The van der Waals surface area contributed by atoms with Gasteiger partial charge in [0, 0.05) is 12.2 Å². The van der Waals surface area contributed by atoms with Crippen LogP contribution in [0.1, 0.15) is 22.3 Å². The molecule has 0 aromatic heterocycles. The van der Waals surface area contributed by atoms with E-state index in [2.05, 4.69) is 24.4 Å². The molecule has 0 saturated heterocycles. The lowest BCUT2D eigenvalue weighted by Gasteiger charge is -2.18. The van der Waals surface area contributed by atoms with E-state index in [-0.39, 0.29) is 12.7 Å². The summed E-state index contributed by atoms with van der Waals surface area (Å²) < 4.78 is 10.7. The van der Waals surface area contributed by atoms with Crippen molar-refractivity contribution in [3.63, 3.8) is 0 Å². The van der Waals surface area contributed by atoms with E-state index in [0.717, 1.165) is 33.9 Å². The number of ether oxygens (including phenoxy) is 2. The van der Waals surface area contributed by atoms with E-state index in [1.807, 2.05) is 44.0 Å². The van der Waals surface area contributed by atoms with Crippen LogP contribution < -0.4 is 14.8 Å². The summed E-state index contributed by atoms with van der Waals surface area (Å²) in [5, 5.41) is 3.04. The molecule has 132 valence electrons. The van der Waals surface area contributed by atoms with Gasteiger partial charge < -0.3 is 14.8 Å². The van der Waals surface area contributed by atoms with Crippen LogP contribution in [-0.2, 0) is 11.3 Å². The predicted molar refractivity (Wildman–Crippen MR) is 98.2 cm³/mol. The number of carbonyl (C=O) groups excluding carboxylic acids is 1. The van der Waals surface area contributed by atoms with Gasteiger partial charge >= 0.3 is 0 Å². The average Bonchev–Trinajstić information content (AvgIpc) is 2.98. The van der Waals surface area contributed by atoms with Gasteiger partial charge in [-0.15, -0.1) is 0 Å². The Morgan fingerprint density at radius 1 is 1.08 bits per heavy atom. The first-order valence-corrected chi connectivity index (χ1v) is 8.37. The summed E-state index contributed by atoms with van der Waals surface area (Å²) >= 11 is 0. The van der Waals surface area contributed by atoms with Gasteiger partial charge in [-0.1, -0.05) is 23.8 Å². The van der Waals surface area contributed by atoms with Gasteiger partial charge in [0.2, 0.25) is 12.7 Å². The van der Waals surface area contributed by atoms with Crippen molar-refractivity contribution in [2.24, 2.45) is 0 Å². The van der Waals surface area contributed by atoms with Crippen molar-refractivity contribution in [2.45, 2.75) is 27.3 Å². The molecule has 0 unspecified atom stereocenters. The molecule has 5 nitrogen and oxygen atoms in total. The van der Waals surface area contributed by atoms with Crippen molar-refractivity contribution in [2.75, 3.05) is 25.7 Å². The van der Waals surface area contributed by atoms with Crippen molar-refractivity contribution in [3.05, 3.63) is 52.6 Å². The smallest absolute Gasteiger partial charge is 0.238 e. The van der Waals surface area contributed by atoms with E-state index in [9.17, 15) is 4.79 Å². The molecule has 3 rings (SSSR count). The highest BCUT2D eigenvalue weighted by Crippen LogP contribution is 2.32. The number of aryl methyl sites for hydroxylation is 3. The molecule has 0 fully saturated rings. The first-order chi connectivity index (χ1) is 11.9.